The molecule has 0 nitrogen and oxygen atoms in total. The fraction of sp³-hybridized carbons (Fsp3) is 0.778. The van der Waals surface area contributed by atoms with Gasteiger partial charge in [-0.3, -0.25) is 0 Å². The highest BCUT2D eigenvalue weighted by Crippen LogP contribution is 2.58. The molecule has 0 radical (unpaired) electrons. The highest BCUT2D eigenvalue weighted by molar-refractivity contribution is 5.24. The van der Waals surface area contributed by atoms with Gasteiger partial charge in [0.2, 0.25) is 11.7 Å². The zero-order chi connectivity index (χ0) is 22.7. The molecule has 0 unspecified atom stereocenters. The molecule has 0 N–H and O–H groups in total. The Hall–Kier alpha value is -1.52. The van der Waals surface area contributed by atoms with E-state index >= 15 is 0 Å². The maximum absolute atomic E-state index is 12.8. The molecule has 0 aliphatic rings. The van der Waals surface area contributed by atoms with Crippen LogP contribution < -0.4 is 0 Å². The molecule has 0 amide bonds. The molecule has 18 heteroatoms. The van der Waals surface area contributed by atoms with Crippen LogP contribution in [0.15, 0.2) is 11.7 Å². The van der Waals surface area contributed by atoms with Crippen molar-refractivity contribution in [1.82, 2.24) is 0 Å². The van der Waals surface area contributed by atoms with Crippen molar-refractivity contribution < 1.29 is 79.0 Å². The van der Waals surface area contributed by atoms with Crippen LogP contribution in [0.5, 0.6) is 0 Å². The first-order valence-electron chi connectivity index (χ1n) is 5.40. The third-order valence-electron chi connectivity index (χ3n) is 2.64. The first kappa shape index (κ1) is 25.5. The van der Waals surface area contributed by atoms with Crippen LogP contribution in [0.1, 0.15) is 0 Å². The molecule has 0 rings (SSSR count). The van der Waals surface area contributed by atoms with Gasteiger partial charge in [-0.15, -0.1) is 0 Å². The van der Waals surface area contributed by atoms with Gasteiger partial charge < -0.3 is 0 Å². The van der Waals surface area contributed by atoms with E-state index in [4.69, 9.17) is 0 Å². The Bertz CT molecular complexity index is 585. The van der Waals surface area contributed by atoms with Crippen molar-refractivity contribution in [3.8, 4) is 0 Å². The monoisotopic (exact) mass is 450 g/mol. The zero-order valence-electron chi connectivity index (χ0n) is 11.3. The molecule has 0 fully saturated rings. The van der Waals surface area contributed by atoms with E-state index in [-0.39, 0.29) is 0 Å². The summed E-state index contributed by atoms with van der Waals surface area (Å²) >= 11 is 0. The summed E-state index contributed by atoms with van der Waals surface area (Å²) in [6.07, 6.45) is -15.1. The summed E-state index contributed by atoms with van der Waals surface area (Å²) in [7, 11) is 0. The second kappa shape index (κ2) is 6.25. The molecule has 0 saturated heterocycles. The third-order valence-corrected chi connectivity index (χ3v) is 2.64. The fourth-order valence-electron chi connectivity index (χ4n) is 1.10. The lowest BCUT2D eigenvalue weighted by molar-refractivity contribution is -0.392. The molecule has 0 saturated carbocycles. The van der Waals surface area contributed by atoms with Gasteiger partial charge in [-0.2, -0.15) is 70.2 Å². The van der Waals surface area contributed by atoms with Crippen LogP contribution in [-0.4, -0.2) is 42.0 Å². The van der Waals surface area contributed by atoms with Crippen LogP contribution in [0, 0.1) is 0 Å². The molecule has 0 aromatic carbocycles. The SMILES string of the molecule is FC(=C(F)C(F)(F)C(F)(F)C(F)(F)C(F)(F)F)C(F)(F)C(F)(F)C(F)(F)F. The Morgan fingerprint density at radius 2 is 0.556 bits per heavy atom. The maximum Gasteiger partial charge on any atom is 0.460 e. The van der Waals surface area contributed by atoms with E-state index in [9.17, 15) is 79.0 Å². The Morgan fingerprint density at radius 1 is 0.333 bits per heavy atom. The first-order chi connectivity index (χ1) is 11.3. The van der Waals surface area contributed by atoms with E-state index in [1.807, 2.05) is 0 Å². The van der Waals surface area contributed by atoms with Crippen molar-refractivity contribution >= 4 is 0 Å². The zero-order valence-corrected chi connectivity index (χ0v) is 11.3. The minimum atomic E-state index is -8.12. The van der Waals surface area contributed by atoms with Crippen molar-refractivity contribution in [2.75, 3.05) is 0 Å². The summed E-state index contributed by atoms with van der Waals surface area (Å²) in [5, 5.41) is 0. The van der Waals surface area contributed by atoms with Gasteiger partial charge in [-0.05, 0) is 0 Å². The molecule has 0 aliphatic carbocycles. The second-order valence-electron chi connectivity index (χ2n) is 4.50. The number of alkyl halides is 16. The standard InChI is InChI=1S/C9F18/c10-1(2(11)4(14,15)6(18,19)8(22,23)24)3(12,13)5(16,17)7(20,21)9(25,26)27. The van der Waals surface area contributed by atoms with Crippen molar-refractivity contribution in [3.63, 3.8) is 0 Å². The molecule has 0 aromatic rings. The second-order valence-corrected chi connectivity index (χ2v) is 4.50. The molecule has 0 aliphatic heterocycles. The van der Waals surface area contributed by atoms with Gasteiger partial charge in [-0.1, -0.05) is 0 Å². The van der Waals surface area contributed by atoms with Gasteiger partial charge in [-0.25, -0.2) is 8.78 Å². The van der Waals surface area contributed by atoms with E-state index < -0.39 is 53.6 Å². The highest BCUT2D eigenvalue weighted by Gasteiger charge is 2.84. The Labute approximate surface area is 134 Å². The lowest BCUT2D eigenvalue weighted by Gasteiger charge is -2.33. The maximum atomic E-state index is 12.8. The largest absolute Gasteiger partial charge is 0.460 e. The summed E-state index contributed by atoms with van der Waals surface area (Å²) in [6, 6.07) is 0. The molecule has 0 aromatic heterocycles. The van der Waals surface area contributed by atoms with Crippen LogP contribution >= 0.6 is 0 Å². The predicted octanol–water partition coefficient (Wildman–Crippen LogP) is 6.44. The van der Waals surface area contributed by atoms with Gasteiger partial charge in [0.05, 0.1) is 0 Å². The van der Waals surface area contributed by atoms with E-state index in [0.717, 1.165) is 0 Å². The van der Waals surface area contributed by atoms with Crippen LogP contribution in [-0.2, 0) is 0 Å². The molecule has 0 heterocycles. The number of allylic oxidation sites excluding steroid dienone is 2. The molecule has 162 valence electrons. The quantitative estimate of drug-likeness (QED) is 0.424. The summed E-state index contributed by atoms with van der Waals surface area (Å²) < 4.78 is 221. The number of hydrogen-bond donors (Lipinski definition) is 0. The van der Waals surface area contributed by atoms with E-state index in [1.54, 1.807) is 0 Å². The average Bonchev–Trinajstić information content (AvgIpc) is 2.42. The van der Waals surface area contributed by atoms with Crippen LogP contribution in [0.25, 0.3) is 0 Å². The minimum Gasteiger partial charge on any atom is -0.202 e. The highest BCUT2D eigenvalue weighted by atomic mass is 19.4. The lowest BCUT2D eigenvalue weighted by Crippen LogP contribution is -2.61. The average molecular weight is 450 g/mol. The van der Waals surface area contributed by atoms with Gasteiger partial charge in [0.25, 0.3) is 0 Å². The summed E-state index contributed by atoms with van der Waals surface area (Å²) in [5.74, 6) is -50.2. The Morgan fingerprint density at radius 3 is 0.778 bits per heavy atom. The fourth-order valence-corrected chi connectivity index (χ4v) is 1.10. The van der Waals surface area contributed by atoms with Gasteiger partial charge in [0.15, 0.2) is 0 Å². The van der Waals surface area contributed by atoms with Crippen LogP contribution in [0.4, 0.5) is 79.0 Å². The van der Waals surface area contributed by atoms with E-state index in [1.165, 1.54) is 0 Å². The minimum absolute atomic E-state index is 5.34. The number of rotatable bonds is 5. The molecular formula is C9F18. The molecule has 27 heavy (non-hydrogen) atoms. The lowest BCUT2D eigenvalue weighted by atomic mass is 10.00. The smallest absolute Gasteiger partial charge is 0.202 e. The van der Waals surface area contributed by atoms with E-state index in [2.05, 4.69) is 0 Å². The predicted molar refractivity (Wildman–Crippen MR) is 46.1 cm³/mol. The molecule has 0 spiro atoms. The van der Waals surface area contributed by atoms with Crippen LogP contribution in [0.3, 0.4) is 0 Å². The van der Waals surface area contributed by atoms with Crippen LogP contribution in [0.2, 0.25) is 0 Å². The van der Waals surface area contributed by atoms with Gasteiger partial charge in [0, 0.05) is 0 Å². The summed E-state index contributed by atoms with van der Waals surface area (Å²) in [6.45, 7) is 0. The third kappa shape index (κ3) is 3.50. The van der Waals surface area contributed by atoms with Crippen molar-refractivity contribution in [3.05, 3.63) is 11.7 Å². The van der Waals surface area contributed by atoms with Crippen molar-refractivity contribution in [2.24, 2.45) is 0 Å². The normalized spacial score (nSPS) is 17.1. The number of halogens is 18. The molecule has 0 bridgehead atoms. The summed E-state index contributed by atoms with van der Waals surface area (Å²) in [4.78, 5) is 0. The molecule has 0 atom stereocenters. The van der Waals surface area contributed by atoms with Gasteiger partial charge in [0.1, 0.15) is 0 Å². The first-order valence-corrected chi connectivity index (χ1v) is 5.40. The van der Waals surface area contributed by atoms with Crippen molar-refractivity contribution in [1.29, 1.82) is 0 Å². The van der Waals surface area contributed by atoms with Crippen molar-refractivity contribution in [2.45, 2.75) is 42.0 Å². The number of hydrogen-bond acceptors (Lipinski definition) is 0. The topological polar surface area (TPSA) is 0 Å². The summed E-state index contributed by atoms with van der Waals surface area (Å²) in [5.41, 5.74) is 0. The van der Waals surface area contributed by atoms with E-state index in [0.29, 0.717) is 0 Å². The van der Waals surface area contributed by atoms with Gasteiger partial charge >= 0.3 is 42.0 Å². The molecular weight excluding hydrogens is 450 g/mol. The Kier molecular flexibility index (Phi) is 5.90. The Balaban J connectivity index is 6.61.